The number of aryl methyl sites for hydroxylation is 3. The Morgan fingerprint density at radius 1 is 1.19 bits per heavy atom. The highest BCUT2D eigenvalue weighted by atomic mass is 16.3. The van der Waals surface area contributed by atoms with Gasteiger partial charge in [-0.2, -0.15) is 0 Å². The lowest BCUT2D eigenvalue weighted by Crippen LogP contribution is -2.23. The molecule has 0 aliphatic heterocycles. The Bertz CT molecular complexity index is 599. The van der Waals surface area contributed by atoms with E-state index in [0.29, 0.717) is 6.04 Å². The minimum Gasteiger partial charge on any atom is -0.469 e. The fourth-order valence-electron chi connectivity index (χ4n) is 3.26. The van der Waals surface area contributed by atoms with Crippen LogP contribution in [0.25, 0.3) is 0 Å². The molecule has 0 fully saturated rings. The molecular formula is C19H25NO. The third kappa shape index (κ3) is 3.38. The van der Waals surface area contributed by atoms with Gasteiger partial charge in [-0.25, -0.2) is 0 Å². The van der Waals surface area contributed by atoms with Crippen molar-refractivity contribution < 1.29 is 4.42 Å². The van der Waals surface area contributed by atoms with E-state index in [1.807, 2.05) is 13.2 Å². The third-order valence-corrected chi connectivity index (χ3v) is 4.40. The predicted molar refractivity (Wildman–Crippen MR) is 86.7 cm³/mol. The maximum Gasteiger partial charge on any atom is 0.101 e. The van der Waals surface area contributed by atoms with Crippen molar-refractivity contribution in [3.05, 3.63) is 58.5 Å². The zero-order valence-corrected chi connectivity index (χ0v) is 13.1. The van der Waals surface area contributed by atoms with Crippen LogP contribution in [0.3, 0.4) is 0 Å². The molecule has 1 aliphatic carbocycles. The van der Waals surface area contributed by atoms with E-state index in [2.05, 4.69) is 36.5 Å². The van der Waals surface area contributed by atoms with Gasteiger partial charge in [0.25, 0.3) is 0 Å². The monoisotopic (exact) mass is 283 g/mol. The van der Waals surface area contributed by atoms with Crippen molar-refractivity contribution in [2.45, 2.75) is 52.0 Å². The molecule has 1 aromatic heterocycles. The van der Waals surface area contributed by atoms with E-state index in [4.69, 9.17) is 4.42 Å². The first-order valence-electron chi connectivity index (χ1n) is 8.15. The summed E-state index contributed by atoms with van der Waals surface area (Å²) >= 11 is 0. The van der Waals surface area contributed by atoms with Crippen molar-refractivity contribution in [1.29, 1.82) is 0 Å². The van der Waals surface area contributed by atoms with Gasteiger partial charge in [-0.3, -0.25) is 0 Å². The van der Waals surface area contributed by atoms with Crippen LogP contribution in [-0.4, -0.2) is 6.54 Å². The summed E-state index contributed by atoms with van der Waals surface area (Å²) in [5, 5.41) is 3.66. The summed E-state index contributed by atoms with van der Waals surface area (Å²) in [7, 11) is 0. The first kappa shape index (κ1) is 14.4. The second kappa shape index (κ2) is 6.48. The van der Waals surface area contributed by atoms with Crippen LogP contribution in [0.4, 0.5) is 0 Å². The Labute approximate surface area is 127 Å². The maximum atomic E-state index is 5.50. The van der Waals surface area contributed by atoms with E-state index in [9.17, 15) is 0 Å². The first-order chi connectivity index (χ1) is 10.3. The lowest BCUT2D eigenvalue weighted by molar-refractivity contribution is 0.503. The van der Waals surface area contributed by atoms with Crippen molar-refractivity contribution in [3.63, 3.8) is 0 Å². The summed E-state index contributed by atoms with van der Waals surface area (Å²) in [5.41, 5.74) is 5.81. The normalized spacial score (nSPS) is 15.1. The van der Waals surface area contributed by atoms with E-state index in [1.54, 1.807) is 11.1 Å². The summed E-state index contributed by atoms with van der Waals surface area (Å²) in [6.45, 7) is 5.26. The van der Waals surface area contributed by atoms with Gasteiger partial charge >= 0.3 is 0 Å². The highest BCUT2D eigenvalue weighted by Gasteiger charge is 2.16. The Hall–Kier alpha value is -1.54. The van der Waals surface area contributed by atoms with Crippen LogP contribution in [-0.2, 0) is 19.3 Å². The van der Waals surface area contributed by atoms with Crippen molar-refractivity contribution >= 4 is 0 Å². The molecule has 21 heavy (non-hydrogen) atoms. The highest BCUT2D eigenvalue weighted by molar-refractivity contribution is 5.36. The molecule has 1 atom stereocenters. The quantitative estimate of drug-likeness (QED) is 0.852. The molecule has 1 N–H and O–H groups in total. The topological polar surface area (TPSA) is 25.2 Å². The van der Waals surface area contributed by atoms with Gasteiger partial charge in [0.2, 0.25) is 0 Å². The Morgan fingerprint density at radius 2 is 2.05 bits per heavy atom. The fourth-order valence-corrected chi connectivity index (χ4v) is 3.26. The second-order valence-electron chi connectivity index (χ2n) is 6.16. The van der Waals surface area contributed by atoms with E-state index in [-0.39, 0.29) is 0 Å². The third-order valence-electron chi connectivity index (χ3n) is 4.40. The van der Waals surface area contributed by atoms with Crippen LogP contribution >= 0.6 is 0 Å². The summed E-state index contributed by atoms with van der Waals surface area (Å²) in [4.78, 5) is 0. The largest absolute Gasteiger partial charge is 0.469 e. The predicted octanol–water partition coefficient (Wildman–Crippen LogP) is 4.36. The Kier molecular flexibility index (Phi) is 4.45. The van der Waals surface area contributed by atoms with Crippen LogP contribution in [0.1, 0.15) is 53.8 Å². The molecule has 0 saturated carbocycles. The molecule has 3 rings (SSSR count). The van der Waals surface area contributed by atoms with Gasteiger partial charge in [0, 0.05) is 11.6 Å². The molecule has 112 valence electrons. The van der Waals surface area contributed by atoms with Crippen molar-refractivity contribution in [2.24, 2.45) is 0 Å². The zero-order chi connectivity index (χ0) is 14.7. The SMILES string of the molecule is CCCNC(Cc1ccc2c(c1)CCC2)c1coc(C)c1. The first-order valence-corrected chi connectivity index (χ1v) is 8.15. The summed E-state index contributed by atoms with van der Waals surface area (Å²) in [5.74, 6) is 0.988. The molecule has 0 saturated heterocycles. The second-order valence-corrected chi connectivity index (χ2v) is 6.16. The maximum absolute atomic E-state index is 5.50. The number of furan rings is 1. The fraction of sp³-hybridized carbons (Fsp3) is 0.474. The molecule has 1 aliphatic rings. The van der Waals surface area contributed by atoms with E-state index in [0.717, 1.165) is 25.1 Å². The van der Waals surface area contributed by atoms with Gasteiger partial charge in [-0.05, 0) is 68.3 Å². The molecule has 1 unspecified atom stereocenters. The van der Waals surface area contributed by atoms with Gasteiger partial charge < -0.3 is 9.73 Å². The molecular weight excluding hydrogens is 258 g/mol. The van der Waals surface area contributed by atoms with Crippen LogP contribution < -0.4 is 5.32 Å². The van der Waals surface area contributed by atoms with Gasteiger partial charge in [-0.1, -0.05) is 25.1 Å². The summed E-state index contributed by atoms with van der Waals surface area (Å²) in [6, 6.07) is 9.55. The minimum absolute atomic E-state index is 0.349. The van der Waals surface area contributed by atoms with Crippen LogP contribution in [0.5, 0.6) is 0 Å². The smallest absolute Gasteiger partial charge is 0.101 e. The molecule has 2 nitrogen and oxygen atoms in total. The van der Waals surface area contributed by atoms with Crippen molar-refractivity contribution in [1.82, 2.24) is 5.32 Å². The standard InChI is InChI=1S/C19H25NO/c1-3-9-20-19(18-10-14(2)21-13-18)12-15-7-8-16-5-4-6-17(16)11-15/h7-8,10-11,13,19-20H,3-6,9,12H2,1-2H3. The number of hydrogen-bond acceptors (Lipinski definition) is 2. The van der Waals surface area contributed by atoms with E-state index < -0.39 is 0 Å². The Morgan fingerprint density at radius 3 is 2.81 bits per heavy atom. The number of benzene rings is 1. The lowest BCUT2D eigenvalue weighted by atomic mass is 9.97. The summed E-state index contributed by atoms with van der Waals surface area (Å²) < 4.78 is 5.50. The minimum atomic E-state index is 0.349. The van der Waals surface area contributed by atoms with Crippen LogP contribution in [0.15, 0.2) is 34.9 Å². The van der Waals surface area contributed by atoms with Gasteiger partial charge in [0.1, 0.15) is 5.76 Å². The number of nitrogens with one attached hydrogen (secondary N) is 1. The average molecular weight is 283 g/mol. The molecule has 0 bridgehead atoms. The number of hydrogen-bond donors (Lipinski definition) is 1. The van der Waals surface area contributed by atoms with Crippen molar-refractivity contribution in [3.8, 4) is 0 Å². The van der Waals surface area contributed by atoms with Gasteiger partial charge in [-0.15, -0.1) is 0 Å². The van der Waals surface area contributed by atoms with Crippen LogP contribution in [0, 0.1) is 6.92 Å². The van der Waals surface area contributed by atoms with Crippen LogP contribution in [0.2, 0.25) is 0 Å². The lowest BCUT2D eigenvalue weighted by Gasteiger charge is -2.17. The molecule has 1 heterocycles. The number of fused-ring (bicyclic) bond motifs is 1. The zero-order valence-electron chi connectivity index (χ0n) is 13.1. The average Bonchev–Trinajstić information content (AvgIpc) is 3.11. The summed E-state index contributed by atoms with van der Waals surface area (Å²) in [6.07, 6.45) is 7.91. The van der Waals surface area contributed by atoms with Gasteiger partial charge in [0.15, 0.2) is 0 Å². The van der Waals surface area contributed by atoms with Gasteiger partial charge in [0.05, 0.1) is 6.26 Å². The molecule has 0 radical (unpaired) electrons. The van der Waals surface area contributed by atoms with E-state index in [1.165, 1.54) is 30.4 Å². The number of rotatable bonds is 6. The van der Waals surface area contributed by atoms with Crippen molar-refractivity contribution in [2.75, 3.05) is 6.54 Å². The molecule has 0 spiro atoms. The molecule has 1 aromatic carbocycles. The molecule has 0 amide bonds. The highest BCUT2D eigenvalue weighted by Crippen LogP contribution is 2.26. The molecule has 2 heteroatoms. The van der Waals surface area contributed by atoms with E-state index >= 15 is 0 Å². The molecule has 2 aromatic rings. The Balaban J connectivity index is 1.77.